The van der Waals surface area contributed by atoms with E-state index in [1.54, 1.807) is 0 Å². The summed E-state index contributed by atoms with van der Waals surface area (Å²) >= 11 is 0. The van der Waals surface area contributed by atoms with Crippen LogP contribution in [0.4, 0.5) is 11.4 Å². The molecule has 1 aliphatic rings. The lowest BCUT2D eigenvalue weighted by Gasteiger charge is -2.18. The average Bonchev–Trinajstić information content (AvgIpc) is 2.91. The van der Waals surface area contributed by atoms with Crippen molar-refractivity contribution in [3.63, 3.8) is 0 Å². The number of nitrogens with one attached hydrogen (secondary N) is 1. The number of hydrogen-bond acceptors (Lipinski definition) is 2. The van der Waals surface area contributed by atoms with Gasteiger partial charge in [-0.3, -0.25) is 0 Å². The van der Waals surface area contributed by atoms with Crippen LogP contribution in [0.25, 0.3) is 0 Å². The van der Waals surface area contributed by atoms with E-state index in [9.17, 15) is 0 Å². The minimum atomic E-state index is 0.351. The fourth-order valence-corrected chi connectivity index (χ4v) is 1.80. The van der Waals surface area contributed by atoms with Crippen molar-refractivity contribution in [3.8, 4) is 0 Å². The van der Waals surface area contributed by atoms with Gasteiger partial charge in [-0.15, -0.1) is 0 Å². The highest BCUT2D eigenvalue weighted by Gasteiger charge is 2.40. The van der Waals surface area contributed by atoms with E-state index in [0.29, 0.717) is 5.54 Å². The summed E-state index contributed by atoms with van der Waals surface area (Å²) in [7, 11) is 0. The lowest BCUT2D eigenvalue weighted by Crippen LogP contribution is -2.20. The first-order chi connectivity index (χ1) is 6.65. The molecule has 1 aliphatic carbocycles. The van der Waals surface area contributed by atoms with Gasteiger partial charge in [0.05, 0.1) is 11.4 Å². The largest absolute Gasteiger partial charge is 0.397 e. The van der Waals surface area contributed by atoms with Gasteiger partial charge in [0.1, 0.15) is 0 Å². The third kappa shape index (κ3) is 1.69. The predicted octanol–water partition coefficient (Wildman–Crippen LogP) is 2.93. The summed E-state index contributed by atoms with van der Waals surface area (Å²) < 4.78 is 0. The SMILES string of the molecule is CCC1(Nc2ccc(C)cc2N)CC1. The molecule has 0 unspecified atom stereocenters. The molecule has 0 atom stereocenters. The standard InChI is InChI=1S/C12H18N2/c1-3-12(6-7-12)14-11-5-4-9(2)8-10(11)13/h4-5,8,14H,3,6-7,13H2,1-2H3. The van der Waals surface area contributed by atoms with E-state index in [1.165, 1.54) is 24.8 Å². The number of aryl methyl sites for hydroxylation is 1. The maximum absolute atomic E-state index is 5.95. The van der Waals surface area contributed by atoms with Crippen molar-refractivity contribution >= 4 is 11.4 Å². The fourth-order valence-electron chi connectivity index (χ4n) is 1.80. The lowest BCUT2D eigenvalue weighted by atomic mass is 10.1. The summed E-state index contributed by atoms with van der Waals surface area (Å²) in [6.07, 6.45) is 3.73. The number of rotatable bonds is 3. The minimum Gasteiger partial charge on any atom is -0.397 e. The second-order valence-electron chi connectivity index (χ2n) is 4.35. The van der Waals surface area contributed by atoms with Crippen molar-refractivity contribution < 1.29 is 0 Å². The highest BCUT2D eigenvalue weighted by Crippen LogP contribution is 2.42. The fraction of sp³-hybridized carbons (Fsp3) is 0.500. The molecule has 0 heterocycles. The van der Waals surface area contributed by atoms with Crippen LogP contribution < -0.4 is 11.1 Å². The molecule has 3 N–H and O–H groups in total. The van der Waals surface area contributed by atoms with Crippen LogP contribution in [0.2, 0.25) is 0 Å². The Labute approximate surface area is 85.5 Å². The number of benzene rings is 1. The van der Waals surface area contributed by atoms with E-state index in [2.05, 4.69) is 31.3 Å². The second-order valence-corrected chi connectivity index (χ2v) is 4.35. The first kappa shape index (κ1) is 9.38. The predicted molar refractivity (Wildman–Crippen MR) is 61.5 cm³/mol. The number of hydrogen-bond donors (Lipinski definition) is 2. The van der Waals surface area contributed by atoms with Gasteiger partial charge in [-0.2, -0.15) is 0 Å². The van der Waals surface area contributed by atoms with Crippen LogP contribution in [0.5, 0.6) is 0 Å². The molecule has 1 fully saturated rings. The molecule has 0 bridgehead atoms. The summed E-state index contributed by atoms with van der Waals surface area (Å²) in [4.78, 5) is 0. The summed E-state index contributed by atoms with van der Waals surface area (Å²) in [5.74, 6) is 0. The maximum Gasteiger partial charge on any atom is 0.0578 e. The van der Waals surface area contributed by atoms with Crippen LogP contribution in [0, 0.1) is 6.92 Å². The van der Waals surface area contributed by atoms with Gasteiger partial charge in [0.15, 0.2) is 0 Å². The van der Waals surface area contributed by atoms with Crippen LogP contribution in [0.1, 0.15) is 31.7 Å². The molecule has 0 amide bonds. The van der Waals surface area contributed by atoms with E-state index in [-0.39, 0.29) is 0 Å². The Morgan fingerprint density at radius 3 is 2.64 bits per heavy atom. The second kappa shape index (κ2) is 3.19. The summed E-state index contributed by atoms with van der Waals surface area (Å²) in [5, 5.41) is 3.55. The molecular formula is C12H18N2. The van der Waals surface area contributed by atoms with Crippen LogP contribution in [0.15, 0.2) is 18.2 Å². The van der Waals surface area contributed by atoms with E-state index < -0.39 is 0 Å². The Balaban J connectivity index is 2.17. The van der Waals surface area contributed by atoms with E-state index >= 15 is 0 Å². The minimum absolute atomic E-state index is 0.351. The molecule has 0 saturated heterocycles. The molecule has 1 saturated carbocycles. The van der Waals surface area contributed by atoms with Crippen LogP contribution in [-0.2, 0) is 0 Å². The molecule has 1 aromatic carbocycles. The van der Waals surface area contributed by atoms with Gasteiger partial charge in [0.25, 0.3) is 0 Å². The molecule has 0 aromatic heterocycles. The van der Waals surface area contributed by atoms with Gasteiger partial charge in [0.2, 0.25) is 0 Å². The third-order valence-corrected chi connectivity index (χ3v) is 3.14. The molecular weight excluding hydrogens is 172 g/mol. The van der Waals surface area contributed by atoms with E-state index in [0.717, 1.165) is 11.4 Å². The normalized spacial score (nSPS) is 17.9. The molecule has 2 heteroatoms. The first-order valence-corrected chi connectivity index (χ1v) is 5.29. The van der Waals surface area contributed by atoms with Gasteiger partial charge in [0, 0.05) is 5.54 Å². The molecule has 76 valence electrons. The van der Waals surface area contributed by atoms with Crippen molar-refractivity contribution in [3.05, 3.63) is 23.8 Å². The van der Waals surface area contributed by atoms with Crippen molar-refractivity contribution in [1.82, 2.24) is 0 Å². The van der Waals surface area contributed by atoms with Crippen LogP contribution in [-0.4, -0.2) is 5.54 Å². The van der Waals surface area contributed by atoms with Crippen molar-refractivity contribution in [2.24, 2.45) is 0 Å². The summed E-state index contributed by atoms with van der Waals surface area (Å²) in [6, 6.07) is 6.21. The highest BCUT2D eigenvalue weighted by molar-refractivity contribution is 5.68. The van der Waals surface area contributed by atoms with Crippen molar-refractivity contribution in [2.75, 3.05) is 11.1 Å². The van der Waals surface area contributed by atoms with Gasteiger partial charge in [-0.1, -0.05) is 13.0 Å². The quantitative estimate of drug-likeness (QED) is 0.719. The van der Waals surface area contributed by atoms with Crippen molar-refractivity contribution in [2.45, 2.75) is 38.6 Å². The van der Waals surface area contributed by atoms with Crippen LogP contribution in [0.3, 0.4) is 0 Å². The molecule has 0 radical (unpaired) electrons. The summed E-state index contributed by atoms with van der Waals surface area (Å²) in [6.45, 7) is 4.29. The van der Waals surface area contributed by atoms with Crippen LogP contribution >= 0.6 is 0 Å². The van der Waals surface area contributed by atoms with E-state index in [1.807, 2.05) is 6.07 Å². The number of nitrogens with two attached hydrogens (primary N) is 1. The number of anilines is 2. The zero-order valence-corrected chi connectivity index (χ0v) is 8.93. The first-order valence-electron chi connectivity index (χ1n) is 5.29. The maximum atomic E-state index is 5.95. The highest BCUT2D eigenvalue weighted by atomic mass is 15.0. The zero-order valence-electron chi connectivity index (χ0n) is 8.93. The Bertz CT molecular complexity index is 340. The van der Waals surface area contributed by atoms with Gasteiger partial charge in [-0.25, -0.2) is 0 Å². The Morgan fingerprint density at radius 1 is 1.43 bits per heavy atom. The Kier molecular flexibility index (Phi) is 2.14. The lowest BCUT2D eigenvalue weighted by molar-refractivity contribution is 0.702. The molecule has 0 aliphatic heterocycles. The Morgan fingerprint density at radius 2 is 2.14 bits per heavy atom. The third-order valence-electron chi connectivity index (χ3n) is 3.14. The van der Waals surface area contributed by atoms with Crippen molar-refractivity contribution in [1.29, 1.82) is 0 Å². The number of nitrogen functional groups attached to an aromatic ring is 1. The zero-order chi connectivity index (χ0) is 10.2. The molecule has 0 spiro atoms. The molecule has 1 aromatic rings. The smallest absolute Gasteiger partial charge is 0.0578 e. The monoisotopic (exact) mass is 190 g/mol. The molecule has 14 heavy (non-hydrogen) atoms. The topological polar surface area (TPSA) is 38.0 Å². The van der Waals surface area contributed by atoms with Gasteiger partial charge < -0.3 is 11.1 Å². The molecule has 2 rings (SSSR count). The summed E-state index contributed by atoms with van der Waals surface area (Å²) in [5.41, 5.74) is 9.47. The Hall–Kier alpha value is -1.18. The van der Waals surface area contributed by atoms with Gasteiger partial charge >= 0.3 is 0 Å². The molecule has 2 nitrogen and oxygen atoms in total. The average molecular weight is 190 g/mol. The van der Waals surface area contributed by atoms with Gasteiger partial charge in [-0.05, 0) is 43.9 Å². The van der Waals surface area contributed by atoms with E-state index in [4.69, 9.17) is 5.73 Å².